The maximum Gasteiger partial charge on any atom is 0.338 e. The third-order valence-corrected chi connectivity index (χ3v) is 17.1. The third-order valence-electron chi connectivity index (χ3n) is 12.1. The molecule has 3 fully saturated rings. The monoisotopic (exact) mass is 664 g/mol. The summed E-state index contributed by atoms with van der Waals surface area (Å²) in [5, 5.41) is 38.1. The van der Waals surface area contributed by atoms with Gasteiger partial charge in [-0.05, 0) is 54.8 Å². The number of hydrogen-bond donors (Lipinski definition) is 3. The fourth-order valence-corrected chi connectivity index (χ4v) is 12.2. The molecule has 2 unspecified atom stereocenters. The number of rotatable bonds is 9. The Morgan fingerprint density at radius 1 is 1.13 bits per heavy atom. The second-order valence-electron chi connectivity index (χ2n) is 14.2. The Balaban J connectivity index is 1.79. The number of carbonyl (C=O) groups is 2. The highest BCUT2D eigenvalue weighted by Gasteiger charge is 2.76. The first-order chi connectivity index (χ1) is 21.6. The van der Waals surface area contributed by atoms with Gasteiger partial charge < -0.3 is 33.4 Å². The van der Waals surface area contributed by atoms with Crippen molar-refractivity contribution in [1.82, 2.24) is 0 Å². The van der Waals surface area contributed by atoms with Crippen molar-refractivity contribution in [3.05, 3.63) is 47.0 Å². The molecule has 0 aromatic heterocycles. The van der Waals surface area contributed by atoms with Gasteiger partial charge in [0, 0.05) is 42.8 Å². The van der Waals surface area contributed by atoms with Crippen molar-refractivity contribution in [1.29, 1.82) is 0 Å². The summed E-state index contributed by atoms with van der Waals surface area (Å²) < 4.78 is 33.1. The summed E-state index contributed by atoms with van der Waals surface area (Å²) >= 11 is 0.885. The van der Waals surface area contributed by atoms with Gasteiger partial charge in [0.1, 0.15) is 23.4 Å². The fraction of sp³-hybridized carbons (Fsp3) is 0.706. The Labute approximate surface area is 273 Å². The van der Waals surface area contributed by atoms with Gasteiger partial charge in [0.25, 0.3) is 0 Å². The van der Waals surface area contributed by atoms with Crippen molar-refractivity contribution in [3.63, 3.8) is 0 Å². The van der Waals surface area contributed by atoms with E-state index in [1.807, 2.05) is 0 Å². The van der Waals surface area contributed by atoms with Crippen LogP contribution in [0.25, 0.3) is 0 Å². The van der Waals surface area contributed by atoms with Crippen molar-refractivity contribution in [2.24, 2.45) is 16.7 Å². The van der Waals surface area contributed by atoms with Crippen molar-refractivity contribution in [2.75, 3.05) is 12.8 Å². The van der Waals surface area contributed by atoms with E-state index in [1.54, 1.807) is 58.0 Å². The van der Waals surface area contributed by atoms with E-state index in [-0.39, 0.29) is 36.8 Å². The van der Waals surface area contributed by atoms with Gasteiger partial charge in [0.2, 0.25) is 0 Å². The number of fused-ring (bicyclic) bond motifs is 5. The van der Waals surface area contributed by atoms with Crippen LogP contribution in [0.5, 0.6) is 0 Å². The Kier molecular flexibility index (Phi) is 9.00. The molecule has 9 nitrogen and oxygen atoms in total. The van der Waals surface area contributed by atoms with E-state index in [0.717, 1.165) is 30.2 Å². The zero-order valence-electron chi connectivity index (χ0n) is 28.5. The molecule has 1 saturated heterocycles. The molecular weight excluding hydrogens is 613 g/mol. The van der Waals surface area contributed by atoms with E-state index < -0.39 is 78.5 Å². The summed E-state index contributed by atoms with van der Waals surface area (Å²) in [7, 11) is -2.36. The van der Waals surface area contributed by atoms with Crippen LogP contribution < -0.4 is 0 Å². The SMILES string of the molecule is [3H]CSO[C@H]1C[C@@]2(O)C(OC(=O)c3ccccc3)C3[C@@](C)([C@@H](O[Si](CC)(CC)CC)C[C@H]4OC[C@@]34O)[C@H](O)C(=O)C(=C1C)C2(C)C. The van der Waals surface area contributed by atoms with Crippen LogP contribution in [0, 0.1) is 16.7 Å². The van der Waals surface area contributed by atoms with E-state index in [1.165, 1.54) is 0 Å². The van der Waals surface area contributed by atoms with Gasteiger partial charge in [-0.1, -0.05) is 59.7 Å². The highest BCUT2D eigenvalue weighted by atomic mass is 32.2. The molecule has 1 aromatic rings. The zero-order valence-corrected chi connectivity index (χ0v) is 29.3. The smallest absolute Gasteiger partial charge is 0.338 e. The highest BCUT2D eigenvalue weighted by molar-refractivity contribution is 7.93. The standard InChI is InChI=1S/C34H50O9SSi/c1-9-45(10-2,11-3)43-23-17-24-33(38,19-40-24)27-29(41-30(37)21-15-13-12-14-16-21)34(39)18-22(42-44-8)20(4)25(31(34,5)6)26(35)28(36)32(23,27)7/h12-16,22-24,27-29,36,38-39H,9-11,17-19H2,1-8H3/t22-,23-,24+,27?,28+,29?,32+,33-,34+/m0/s1/i8T. The van der Waals surface area contributed by atoms with Gasteiger partial charge >= 0.3 is 5.97 Å². The predicted octanol–water partition coefficient (Wildman–Crippen LogP) is 4.84. The molecule has 11 heteroatoms. The lowest BCUT2D eigenvalue weighted by atomic mass is 9.44. The van der Waals surface area contributed by atoms with Crippen LogP contribution in [0.2, 0.25) is 18.1 Å². The van der Waals surface area contributed by atoms with Crippen LogP contribution in [0.3, 0.4) is 0 Å². The van der Waals surface area contributed by atoms with Crippen LogP contribution in [0.1, 0.15) is 73.0 Å². The molecule has 5 rings (SSSR count). The van der Waals surface area contributed by atoms with E-state index in [9.17, 15) is 24.9 Å². The molecule has 0 spiro atoms. The highest BCUT2D eigenvalue weighted by Crippen LogP contribution is 2.64. The van der Waals surface area contributed by atoms with Crippen molar-refractivity contribution >= 4 is 32.1 Å². The van der Waals surface area contributed by atoms with Gasteiger partial charge in [-0.2, -0.15) is 0 Å². The van der Waals surface area contributed by atoms with E-state index in [4.69, 9.17) is 19.5 Å². The molecule has 0 radical (unpaired) electrons. The molecule has 2 bridgehead atoms. The predicted molar refractivity (Wildman–Crippen MR) is 174 cm³/mol. The van der Waals surface area contributed by atoms with Crippen molar-refractivity contribution < 1.29 is 44.4 Å². The molecule has 0 amide bonds. The first-order valence-corrected chi connectivity index (χ1v) is 19.6. The van der Waals surface area contributed by atoms with Gasteiger partial charge in [0.05, 0.1) is 30.5 Å². The lowest BCUT2D eigenvalue weighted by Gasteiger charge is -2.68. The van der Waals surface area contributed by atoms with E-state index >= 15 is 0 Å². The van der Waals surface area contributed by atoms with Gasteiger partial charge in [-0.3, -0.25) is 4.79 Å². The number of aliphatic hydroxyl groups excluding tert-OH is 1. The molecule has 1 aliphatic heterocycles. The fourth-order valence-electron chi connectivity index (χ4n) is 8.87. The van der Waals surface area contributed by atoms with E-state index in [0.29, 0.717) is 5.57 Å². The summed E-state index contributed by atoms with van der Waals surface area (Å²) in [5.74, 6) is -2.43. The quantitative estimate of drug-likeness (QED) is 0.191. The number of benzene rings is 1. The molecule has 2 saturated carbocycles. The Bertz CT molecular complexity index is 1350. The normalized spacial score (nSPS) is 39.5. The van der Waals surface area contributed by atoms with Crippen molar-refractivity contribution in [2.45, 2.75) is 121 Å². The molecule has 4 aliphatic rings. The van der Waals surface area contributed by atoms with Crippen molar-refractivity contribution in [3.8, 4) is 0 Å². The first kappa shape index (κ1) is 33.3. The molecule has 1 aromatic carbocycles. The number of carbonyl (C=O) groups excluding carboxylic acids is 2. The minimum absolute atomic E-state index is 0.0737. The minimum atomic E-state index is -2.36. The molecule has 3 aliphatic carbocycles. The molecule has 45 heavy (non-hydrogen) atoms. The number of hydrogen-bond acceptors (Lipinski definition) is 10. The Morgan fingerprint density at radius 2 is 1.78 bits per heavy atom. The summed E-state index contributed by atoms with van der Waals surface area (Å²) in [5.41, 5.74) is -5.41. The lowest BCUT2D eigenvalue weighted by molar-refractivity contribution is -0.354. The Morgan fingerprint density at radius 3 is 2.33 bits per heavy atom. The summed E-state index contributed by atoms with van der Waals surface area (Å²) in [6, 6.07) is 10.9. The number of Topliss-reactive ketones (excluding diaryl/α,β-unsaturated/α-hetero) is 1. The van der Waals surface area contributed by atoms with Gasteiger partial charge in [-0.25, -0.2) is 4.79 Å². The summed E-state index contributed by atoms with van der Waals surface area (Å²) in [6.45, 7) is 13.1. The second-order valence-corrected chi connectivity index (χ2v) is 19.3. The van der Waals surface area contributed by atoms with Gasteiger partial charge in [-0.15, -0.1) is 0 Å². The molecular formula is C34H50O9SSi. The minimum Gasteiger partial charge on any atom is -0.455 e. The van der Waals surface area contributed by atoms with Crippen LogP contribution in [0.4, 0.5) is 0 Å². The van der Waals surface area contributed by atoms with Crippen LogP contribution in [0.15, 0.2) is 41.5 Å². The zero-order chi connectivity index (χ0) is 33.9. The molecule has 250 valence electrons. The number of ether oxygens (including phenoxy) is 2. The third kappa shape index (κ3) is 5.03. The first-order valence-electron chi connectivity index (χ1n) is 16.8. The summed E-state index contributed by atoms with van der Waals surface area (Å²) in [6.07, 6.45) is -5.29. The number of ketones is 1. The van der Waals surface area contributed by atoms with Gasteiger partial charge in [0.15, 0.2) is 14.1 Å². The number of esters is 1. The average molecular weight is 665 g/mol. The van der Waals surface area contributed by atoms with Crippen LogP contribution in [-0.2, 0) is 22.9 Å². The van der Waals surface area contributed by atoms with E-state index in [2.05, 4.69) is 20.8 Å². The maximum atomic E-state index is 14.8. The lowest BCUT2D eigenvalue weighted by Crippen LogP contribution is -2.81. The topological polar surface area (TPSA) is 132 Å². The van der Waals surface area contributed by atoms with Crippen LogP contribution >= 0.6 is 12.0 Å². The molecule has 1 heterocycles. The molecule has 9 atom stereocenters. The Hall–Kier alpha value is -1.57. The maximum absolute atomic E-state index is 14.8. The van der Waals surface area contributed by atoms with Crippen LogP contribution in [-0.4, -0.2) is 90.0 Å². The summed E-state index contributed by atoms with van der Waals surface area (Å²) in [4.78, 5) is 28.7. The average Bonchev–Trinajstić information content (AvgIpc) is 3.04. The largest absolute Gasteiger partial charge is 0.455 e. The number of aliphatic hydroxyl groups is 3. The second kappa shape index (κ2) is 12.1. The molecule has 3 N–H and O–H groups in total.